The summed E-state index contributed by atoms with van der Waals surface area (Å²) in [6.07, 6.45) is 2.50. The zero-order valence-corrected chi connectivity index (χ0v) is 11.6. The Balaban J connectivity index is 2.44. The van der Waals surface area contributed by atoms with Gasteiger partial charge in [-0.2, -0.15) is 11.8 Å². The van der Waals surface area contributed by atoms with E-state index in [1.165, 1.54) is 0 Å². The van der Waals surface area contributed by atoms with Crippen LogP contribution >= 0.6 is 11.8 Å². The summed E-state index contributed by atoms with van der Waals surface area (Å²) in [5.74, 6) is -0.291. The molecule has 1 rings (SSSR count). The number of carbonyl (C=O) groups is 3. The van der Waals surface area contributed by atoms with Crippen molar-refractivity contribution in [1.82, 2.24) is 10.2 Å². The molecule has 0 radical (unpaired) electrons. The minimum atomic E-state index is -0.855. The number of hydrogen-bond acceptors (Lipinski definition) is 4. The van der Waals surface area contributed by atoms with Gasteiger partial charge in [0.15, 0.2) is 0 Å². The summed E-state index contributed by atoms with van der Waals surface area (Å²) in [6.45, 7) is 0.864. The van der Waals surface area contributed by atoms with E-state index in [-0.39, 0.29) is 18.2 Å². The van der Waals surface area contributed by atoms with E-state index >= 15 is 0 Å². The van der Waals surface area contributed by atoms with Crippen molar-refractivity contribution in [1.29, 1.82) is 0 Å². The Morgan fingerprint density at radius 2 is 2.11 bits per heavy atom. The maximum absolute atomic E-state index is 12.1. The molecule has 1 atom stereocenters. The molecule has 1 aliphatic rings. The third kappa shape index (κ3) is 4.98. The first-order chi connectivity index (χ1) is 8.93. The van der Waals surface area contributed by atoms with Gasteiger partial charge in [-0.05, 0) is 18.4 Å². The summed E-state index contributed by atoms with van der Waals surface area (Å²) in [6, 6.07) is -1.34. The van der Waals surface area contributed by atoms with Crippen molar-refractivity contribution in [2.75, 3.05) is 25.1 Å². The lowest BCUT2D eigenvalue weighted by Gasteiger charge is -2.40. The van der Waals surface area contributed by atoms with E-state index in [0.29, 0.717) is 19.5 Å². The van der Waals surface area contributed by atoms with Crippen LogP contribution < -0.4 is 11.1 Å². The number of nitrogens with zero attached hydrogens (tertiary/aromatic N) is 1. The number of primary amides is 1. The van der Waals surface area contributed by atoms with Gasteiger partial charge in [-0.3, -0.25) is 9.59 Å². The topological polar surface area (TPSA) is 113 Å². The van der Waals surface area contributed by atoms with Crippen LogP contribution in [0.1, 0.15) is 12.8 Å². The third-order valence-electron chi connectivity index (χ3n) is 2.96. The van der Waals surface area contributed by atoms with E-state index in [2.05, 4.69) is 5.32 Å². The molecule has 0 spiro atoms. The number of likely N-dealkylation sites (tertiary alicyclic amines) is 1. The van der Waals surface area contributed by atoms with Crippen molar-refractivity contribution >= 4 is 29.7 Å². The summed E-state index contributed by atoms with van der Waals surface area (Å²) in [4.78, 5) is 35.1. The van der Waals surface area contributed by atoms with E-state index < -0.39 is 18.0 Å². The minimum Gasteiger partial charge on any atom is -0.481 e. The van der Waals surface area contributed by atoms with Gasteiger partial charge in [0.05, 0.1) is 6.42 Å². The summed E-state index contributed by atoms with van der Waals surface area (Å²) in [5.41, 5.74) is 5.05. The fourth-order valence-corrected chi connectivity index (χ4v) is 2.48. The zero-order chi connectivity index (χ0) is 14.4. The van der Waals surface area contributed by atoms with Crippen molar-refractivity contribution in [2.45, 2.75) is 18.9 Å². The first-order valence-corrected chi connectivity index (χ1v) is 7.39. The van der Waals surface area contributed by atoms with Gasteiger partial charge in [0, 0.05) is 19.0 Å². The number of thioether (sulfide) groups is 1. The molecule has 0 aromatic rings. The average Bonchev–Trinajstić information content (AvgIpc) is 2.27. The Hall–Kier alpha value is -1.44. The number of nitrogens with two attached hydrogens (primary N) is 1. The third-order valence-corrected chi connectivity index (χ3v) is 3.60. The Bertz CT molecular complexity index is 358. The van der Waals surface area contributed by atoms with E-state index in [1.54, 1.807) is 16.7 Å². The molecule has 1 aliphatic heterocycles. The predicted octanol–water partition coefficient (Wildman–Crippen LogP) is -0.290. The Morgan fingerprint density at radius 3 is 2.58 bits per heavy atom. The molecular weight excluding hydrogens is 270 g/mol. The van der Waals surface area contributed by atoms with Crippen LogP contribution in [0.15, 0.2) is 0 Å². The molecular formula is C11H19N3O4S. The number of urea groups is 1. The predicted molar refractivity (Wildman–Crippen MR) is 71.8 cm³/mol. The number of carbonyl (C=O) groups excluding carboxylic acids is 2. The van der Waals surface area contributed by atoms with Gasteiger partial charge < -0.3 is 21.1 Å². The second-order valence-electron chi connectivity index (χ2n) is 4.55. The molecule has 0 aromatic heterocycles. The molecule has 8 heteroatoms. The highest BCUT2D eigenvalue weighted by Crippen LogP contribution is 2.20. The van der Waals surface area contributed by atoms with E-state index in [4.69, 9.17) is 10.8 Å². The van der Waals surface area contributed by atoms with Gasteiger partial charge in [-0.25, -0.2) is 4.79 Å². The van der Waals surface area contributed by atoms with Crippen LogP contribution in [0, 0.1) is 5.92 Å². The van der Waals surface area contributed by atoms with Crippen LogP contribution in [-0.4, -0.2) is 59.1 Å². The molecule has 1 saturated heterocycles. The average molecular weight is 289 g/mol. The fourth-order valence-electron chi connectivity index (χ4n) is 2.01. The van der Waals surface area contributed by atoms with Gasteiger partial charge >= 0.3 is 12.0 Å². The monoisotopic (exact) mass is 289 g/mol. The highest BCUT2D eigenvalue weighted by Gasteiger charge is 2.35. The van der Waals surface area contributed by atoms with Gasteiger partial charge in [0.25, 0.3) is 0 Å². The summed E-state index contributed by atoms with van der Waals surface area (Å²) < 4.78 is 0. The second kappa shape index (κ2) is 7.22. The Kier molecular flexibility index (Phi) is 5.94. The van der Waals surface area contributed by atoms with Crippen molar-refractivity contribution in [2.24, 2.45) is 11.7 Å². The fraction of sp³-hybridized carbons (Fsp3) is 0.727. The van der Waals surface area contributed by atoms with Crippen LogP contribution in [0.3, 0.4) is 0 Å². The largest absolute Gasteiger partial charge is 0.481 e. The quantitative estimate of drug-likeness (QED) is 0.596. The molecule has 3 amide bonds. The molecule has 0 aliphatic carbocycles. The maximum atomic E-state index is 12.1. The molecule has 7 nitrogen and oxygen atoms in total. The van der Waals surface area contributed by atoms with Crippen LogP contribution in [-0.2, 0) is 9.59 Å². The van der Waals surface area contributed by atoms with Crippen molar-refractivity contribution < 1.29 is 19.5 Å². The minimum absolute atomic E-state index is 0.0104. The highest BCUT2D eigenvalue weighted by molar-refractivity contribution is 7.98. The zero-order valence-electron chi connectivity index (χ0n) is 10.8. The number of amides is 3. The van der Waals surface area contributed by atoms with Gasteiger partial charge in [-0.15, -0.1) is 0 Å². The molecule has 1 heterocycles. The molecule has 0 saturated carbocycles. The van der Waals surface area contributed by atoms with Crippen molar-refractivity contribution in [3.8, 4) is 0 Å². The smallest absolute Gasteiger partial charge is 0.312 e. The lowest BCUT2D eigenvalue weighted by molar-refractivity contribution is -0.146. The number of rotatable bonds is 7. The first-order valence-electron chi connectivity index (χ1n) is 5.99. The molecule has 0 aromatic carbocycles. The second-order valence-corrected chi connectivity index (χ2v) is 5.54. The van der Waals surface area contributed by atoms with Crippen LogP contribution in [0.25, 0.3) is 0 Å². The first kappa shape index (κ1) is 15.6. The molecule has 4 N–H and O–H groups in total. The van der Waals surface area contributed by atoms with E-state index in [1.807, 2.05) is 6.26 Å². The van der Waals surface area contributed by atoms with Gasteiger partial charge in [-0.1, -0.05) is 0 Å². The molecule has 1 fully saturated rings. The van der Waals surface area contributed by atoms with Gasteiger partial charge in [0.2, 0.25) is 5.91 Å². The standard InChI is InChI=1S/C11H19N3O4S/c1-19-3-2-8(13-11(12)18)10(17)14-5-7(6-14)4-9(15)16/h7-8H,2-6H2,1H3,(H,15,16)(H3,12,13,18). The number of hydrogen-bond donors (Lipinski definition) is 3. The summed E-state index contributed by atoms with van der Waals surface area (Å²) >= 11 is 1.58. The van der Waals surface area contributed by atoms with E-state index in [0.717, 1.165) is 5.75 Å². The SMILES string of the molecule is CSCCC(NC(N)=O)C(=O)N1CC(CC(=O)O)C1. The van der Waals surface area contributed by atoms with Crippen LogP contribution in [0.2, 0.25) is 0 Å². The van der Waals surface area contributed by atoms with E-state index in [9.17, 15) is 14.4 Å². The van der Waals surface area contributed by atoms with Crippen LogP contribution in [0.4, 0.5) is 4.79 Å². The highest BCUT2D eigenvalue weighted by atomic mass is 32.2. The summed E-state index contributed by atoms with van der Waals surface area (Å²) in [5, 5.41) is 11.1. The number of nitrogens with one attached hydrogen (secondary N) is 1. The maximum Gasteiger partial charge on any atom is 0.312 e. The lowest BCUT2D eigenvalue weighted by Crippen LogP contribution is -2.58. The molecule has 19 heavy (non-hydrogen) atoms. The molecule has 0 bridgehead atoms. The van der Waals surface area contributed by atoms with Crippen LogP contribution in [0.5, 0.6) is 0 Å². The van der Waals surface area contributed by atoms with Crippen molar-refractivity contribution in [3.63, 3.8) is 0 Å². The Labute approximate surface area is 115 Å². The van der Waals surface area contributed by atoms with Gasteiger partial charge in [0.1, 0.15) is 6.04 Å². The Morgan fingerprint density at radius 1 is 1.47 bits per heavy atom. The number of carboxylic acid groups (broad SMARTS) is 1. The molecule has 1 unspecified atom stereocenters. The number of aliphatic carboxylic acids is 1. The normalized spacial score (nSPS) is 16.6. The molecule has 108 valence electrons. The number of carboxylic acids is 1. The van der Waals surface area contributed by atoms with Crippen molar-refractivity contribution in [3.05, 3.63) is 0 Å². The lowest BCUT2D eigenvalue weighted by atomic mass is 9.95. The summed E-state index contributed by atoms with van der Waals surface area (Å²) in [7, 11) is 0.